The van der Waals surface area contributed by atoms with E-state index in [1.165, 1.54) is 0 Å². The van der Waals surface area contributed by atoms with E-state index in [2.05, 4.69) is 0 Å². The molecule has 2 nitrogen and oxygen atoms in total. The second kappa shape index (κ2) is 3.85. The molecule has 0 amide bonds. The topological polar surface area (TPSA) is 37.3 Å². The highest BCUT2D eigenvalue weighted by Gasteiger charge is 2.42. The van der Waals surface area contributed by atoms with E-state index < -0.39 is 23.0 Å². The Morgan fingerprint density at radius 3 is 2.56 bits per heavy atom. The molecule has 0 spiro atoms. The van der Waals surface area contributed by atoms with E-state index in [0.717, 1.165) is 24.6 Å². The Morgan fingerprint density at radius 2 is 2.06 bits per heavy atom. The van der Waals surface area contributed by atoms with Crippen molar-refractivity contribution in [3.05, 3.63) is 35.4 Å². The first kappa shape index (κ1) is 11.0. The van der Waals surface area contributed by atoms with E-state index >= 15 is 0 Å². The summed E-state index contributed by atoms with van der Waals surface area (Å²) in [5.74, 6) is -2.00. The van der Waals surface area contributed by atoms with Crippen LogP contribution in [0, 0.1) is 11.6 Å². The SMILES string of the molecule is O=C(O)CC1(c2cc(F)ccc2F)CCC1. The van der Waals surface area contributed by atoms with E-state index in [9.17, 15) is 13.6 Å². The summed E-state index contributed by atoms with van der Waals surface area (Å²) in [5, 5.41) is 8.82. The first-order valence-electron chi connectivity index (χ1n) is 5.21. The molecule has 0 atom stereocenters. The van der Waals surface area contributed by atoms with Gasteiger partial charge in [-0.2, -0.15) is 0 Å². The van der Waals surface area contributed by atoms with E-state index in [4.69, 9.17) is 5.11 Å². The lowest BCUT2D eigenvalue weighted by Crippen LogP contribution is -2.37. The molecule has 0 bridgehead atoms. The molecule has 0 radical (unpaired) electrons. The van der Waals surface area contributed by atoms with Crippen LogP contribution in [0.4, 0.5) is 8.78 Å². The third-order valence-electron chi connectivity index (χ3n) is 3.30. The molecule has 1 saturated carbocycles. The number of hydrogen-bond donors (Lipinski definition) is 1. The Hall–Kier alpha value is -1.45. The Balaban J connectivity index is 2.39. The highest BCUT2D eigenvalue weighted by Crippen LogP contribution is 2.47. The predicted molar refractivity (Wildman–Crippen MR) is 54.1 cm³/mol. The highest BCUT2D eigenvalue weighted by molar-refractivity contribution is 5.69. The molecular formula is C12H12F2O2. The number of aliphatic carboxylic acids is 1. The lowest BCUT2D eigenvalue weighted by Gasteiger charge is -2.41. The molecular weight excluding hydrogens is 214 g/mol. The lowest BCUT2D eigenvalue weighted by atomic mass is 9.62. The van der Waals surface area contributed by atoms with Gasteiger partial charge in [0.2, 0.25) is 0 Å². The average molecular weight is 226 g/mol. The number of rotatable bonds is 3. The van der Waals surface area contributed by atoms with Crippen molar-refractivity contribution in [2.75, 3.05) is 0 Å². The van der Waals surface area contributed by atoms with Crippen molar-refractivity contribution < 1.29 is 18.7 Å². The standard InChI is InChI=1S/C12H12F2O2/c13-8-2-3-10(14)9(6-8)12(4-1-5-12)7-11(15)16/h2-3,6H,1,4-5,7H2,(H,15,16). The Morgan fingerprint density at radius 1 is 1.38 bits per heavy atom. The molecule has 1 N–H and O–H groups in total. The Kier molecular flexibility index (Phi) is 2.66. The quantitative estimate of drug-likeness (QED) is 0.860. The van der Waals surface area contributed by atoms with Crippen molar-refractivity contribution in [2.24, 2.45) is 0 Å². The normalized spacial score (nSPS) is 17.9. The zero-order valence-electron chi connectivity index (χ0n) is 8.67. The highest BCUT2D eigenvalue weighted by atomic mass is 19.1. The van der Waals surface area contributed by atoms with E-state index in [-0.39, 0.29) is 12.0 Å². The van der Waals surface area contributed by atoms with Crippen LogP contribution in [-0.4, -0.2) is 11.1 Å². The number of halogens is 2. The molecule has 16 heavy (non-hydrogen) atoms. The number of carboxylic acid groups (broad SMARTS) is 1. The summed E-state index contributed by atoms with van der Waals surface area (Å²) in [7, 11) is 0. The monoisotopic (exact) mass is 226 g/mol. The van der Waals surface area contributed by atoms with Crippen molar-refractivity contribution in [2.45, 2.75) is 31.1 Å². The van der Waals surface area contributed by atoms with Gasteiger partial charge in [-0.1, -0.05) is 6.42 Å². The van der Waals surface area contributed by atoms with Crippen molar-refractivity contribution in [1.29, 1.82) is 0 Å². The van der Waals surface area contributed by atoms with Gasteiger partial charge in [-0.15, -0.1) is 0 Å². The Bertz CT molecular complexity index is 425. The molecule has 1 aliphatic carbocycles. The third-order valence-corrected chi connectivity index (χ3v) is 3.30. The molecule has 1 aliphatic rings. The fourth-order valence-corrected chi connectivity index (χ4v) is 2.34. The number of benzene rings is 1. The summed E-state index contributed by atoms with van der Waals surface area (Å²) >= 11 is 0. The summed E-state index contributed by atoms with van der Waals surface area (Å²) in [6.45, 7) is 0. The van der Waals surface area contributed by atoms with Crippen LogP contribution in [0.15, 0.2) is 18.2 Å². The van der Waals surface area contributed by atoms with Crippen LogP contribution in [0.2, 0.25) is 0 Å². The molecule has 1 aromatic carbocycles. The summed E-state index contributed by atoms with van der Waals surface area (Å²) in [6, 6.07) is 3.23. The molecule has 0 saturated heterocycles. The number of carboxylic acids is 1. The maximum atomic E-state index is 13.6. The molecule has 0 aromatic heterocycles. The van der Waals surface area contributed by atoms with Gasteiger partial charge in [0, 0.05) is 5.41 Å². The van der Waals surface area contributed by atoms with E-state index in [1.54, 1.807) is 0 Å². The predicted octanol–water partition coefficient (Wildman–Crippen LogP) is 2.86. The minimum atomic E-state index is -0.969. The molecule has 0 heterocycles. The zero-order chi connectivity index (χ0) is 11.8. The molecule has 1 aromatic rings. The summed E-state index contributed by atoms with van der Waals surface area (Å²) in [5.41, 5.74) is -0.487. The van der Waals surface area contributed by atoms with Gasteiger partial charge >= 0.3 is 5.97 Å². The van der Waals surface area contributed by atoms with E-state index in [0.29, 0.717) is 12.8 Å². The van der Waals surface area contributed by atoms with Gasteiger partial charge in [0.1, 0.15) is 11.6 Å². The van der Waals surface area contributed by atoms with E-state index in [1.807, 2.05) is 0 Å². The number of carbonyl (C=O) groups is 1. The second-order valence-electron chi connectivity index (χ2n) is 4.33. The van der Waals surface area contributed by atoms with Gasteiger partial charge in [0.25, 0.3) is 0 Å². The molecule has 2 rings (SSSR count). The van der Waals surface area contributed by atoms with Crippen LogP contribution in [0.25, 0.3) is 0 Å². The maximum Gasteiger partial charge on any atom is 0.304 e. The van der Waals surface area contributed by atoms with Gasteiger partial charge in [-0.25, -0.2) is 8.78 Å². The summed E-state index contributed by atoms with van der Waals surface area (Å²) < 4.78 is 26.6. The van der Waals surface area contributed by atoms with Crippen LogP contribution in [0.1, 0.15) is 31.2 Å². The molecule has 0 unspecified atom stereocenters. The summed E-state index contributed by atoms with van der Waals surface area (Å²) in [4.78, 5) is 10.8. The first-order valence-corrected chi connectivity index (χ1v) is 5.21. The smallest absolute Gasteiger partial charge is 0.304 e. The Labute approximate surface area is 91.9 Å². The maximum absolute atomic E-state index is 13.6. The third kappa shape index (κ3) is 1.79. The van der Waals surface area contributed by atoms with Gasteiger partial charge in [-0.05, 0) is 36.6 Å². The van der Waals surface area contributed by atoms with Gasteiger partial charge < -0.3 is 5.11 Å². The van der Waals surface area contributed by atoms with Crippen molar-refractivity contribution in [3.8, 4) is 0 Å². The fourth-order valence-electron chi connectivity index (χ4n) is 2.34. The average Bonchev–Trinajstić information content (AvgIpc) is 2.15. The van der Waals surface area contributed by atoms with Crippen molar-refractivity contribution in [3.63, 3.8) is 0 Å². The summed E-state index contributed by atoms with van der Waals surface area (Å²) in [6.07, 6.45) is 1.95. The first-order chi connectivity index (χ1) is 7.53. The van der Waals surface area contributed by atoms with Crippen molar-refractivity contribution in [1.82, 2.24) is 0 Å². The van der Waals surface area contributed by atoms with Gasteiger partial charge in [-0.3, -0.25) is 4.79 Å². The van der Waals surface area contributed by atoms with Crippen molar-refractivity contribution >= 4 is 5.97 Å². The van der Waals surface area contributed by atoms with Crippen LogP contribution in [-0.2, 0) is 10.2 Å². The largest absolute Gasteiger partial charge is 0.481 e. The van der Waals surface area contributed by atoms with Crippen LogP contribution in [0.5, 0.6) is 0 Å². The minimum Gasteiger partial charge on any atom is -0.481 e. The molecule has 1 fully saturated rings. The number of hydrogen-bond acceptors (Lipinski definition) is 1. The molecule has 4 heteroatoms. The minimum absolute atomic E-state index is 0.132. The zero-order valence-corrected chi connectivity index (χ0v) is 8.67. The molecule has 86 valence electrons. The second-order valence-corrected chi connectivity index (χ2v) is 4.33. The van der Waals surface area contributed by atoms with Crippen LogP contribution >= 0.6 is 0 Å². The van der Waals surface area contributed by atoms with Crippen LogP contribution < -0.4 is 0 Å². The lowest BCUT2D eigenvalue weighted by molar-refractivity contribution is -0.139. The molecule has 0 aliphatic heterocycles. The van der Waals surface area contributed by atoms with Gasteiger partial charge in [0.15, 0.2) is 0 Å². The fraction of sp³-hybridized carbons (Fsp3) is 0.417. The van der Waals surface area contributed by atoms with Crippen LogP contribution in [0.3, 0.4) is 0 Å². The van der Waals surface area contributed by atoms with Gasteiger partial charge in [0.05, 0.1) is 6.42 Å².